The van der Waals surface area contributed by atoms with E-state index < -0.39 is 0 Å². The minimum absolute atomic E-state index is 0.591. The van der Waals surface area contributed by atoms with E-state index in [-0.39, 0.29) is 0 Å². The molecule has 0 amide bonds. The van der Waals surface area contributed by atoms with Crippen molar-refractivity contribution in [1.29, 1.82) is 0 Å². The van der Waals surface area contributed by atoms with Gasteiger partial charge in [0.15, 0.2) is 5.58 Å². The number of anilines is 3. The molecule has 43 heavy (non-hydrogen) atoms. The molecule has 0 radical (unpaired) electrons. The zero-order valence-corrected chi connectivity index (χ0v) is 22.9. The lowest BCUT2D eigenvalue weighted by Crippen LogP contribution is -2.11. The Hall–Kier alpha value is -5.94. The van der Waals surface area contributed by atoms with Crippen molar-refractivity contribution in [2.45, 2.75) is 0 Å². The molecule has 0 N–H and O–H groups in total. The zero-order valence-electron chi connectivity index (χ0n) is 22.9. The van der Waals surface area contributed by atoms with Crippen LogP contribution in [-0.4, -0.2) is 9.97 Å². The molecule has 202 valence electrons. The predicted molar refractivity (Wildman–Crippen MR) is 174 cm³/mol. The first-order valence-corrected chi connectivity index (χ1v) is 14.2. The van der Waals surface area contributed by atoms with Crippen LogP contribution in [0.15, 0.2) is 149 Å². The Kier molecular flexibility index (Phi) is 5.13. The summed E-state index contributed by atoms with van der Waals surface area (Å²) in [6.45, 7) is 0. The quantitative estimate of drug-likeness (QED) is 0.217. The predicted octanol–water partition coefficient (Wildman–Crippen LogP) is 10.6. The number of furan rings is 2. The minimum atomic E-state index is 0.591. The summed E-state index contributed by atoms with van der Waals surface area (Å²) in [5, 5.41) is 5.27. The number of para-hydroxylation sites is 2. The average Bonchev–Trinajstić information content (AvgIpc) is 3.63. The summed E-state index contributed by atoms with van der Waals surface area (Å²) < 4.78 is 12.5. The van der Waals surface area contributed by atoms with Crippen LogP contribution < -0.4 is 4.90 Å². The van der Waals surface area contributed by atoms with Crippen molar-refractivity contribution in [2.24, 2.45) is 0 Å². The summed E-state index contributed by atoms with van der Waals surface area (Å²) in [4.78, 5) is 11.7. The van der Waals surface area contributed by atoms with E-state index in [0.717, 1.165) is 60.9 Å². The van der Waals surface area contributed by atoms with Gasteiger partial charge in [-0.3, -0.25) is 0 Å². The summed E-state index contributed by atoms with van der Waals surface area (Å²) >= 11 is 0. The number of benzene rings is 5. The highest BCUT2D eigenvalue weighted by molar-refractivity contribution is 6.12. The Balaban J connectivity index is 1.31. The first-order chi connectivity index (χ1) is 21.3. The molecule has 0 bridgehead atoms. The molecule has 4 aromatic heterocycles. The summed E-state index contributed by atoms with van der Waals surface area (Å²) in [7, 11) is 0. The standard InChI is InChI=1S/C38H23N3O2/c1-2-8-24(9-3-1)26-15-14-25-16-17-28(21-27(25)20-26)41(29-22-35-37(40-23-29)31-11-5-7-13-34(31)42-35)32-18-19-39-38-36(32)30-10-4-6-12-33(30)43-38/h1-23H. The molecular formula is C38H23N3O2. The van der Waals surface area contributed by atoms with Gasteiger partial charge >= 0.3 is 0 Å². The van der Waals surface area contributed by atoms with Crippen LogP contribution >= 0.6 is 0 Å². The summed E-state index contributed by atoms with van der Waals surface area (Å²) in [5.74, 6) is 0. The Morgan fingerprint density at radius 2 is 1.28 bits per heavy atom. The fourth-order valence-electron chi connectivity index (χ4n) is 6.13. The molecule has 0 saturated carbocycles. The zero-order chi connectivity index (χ0) is 28.3. The van der Waals surface area contributed by atoms with E-state index in [1.54, 1.807) is 6.20 Å². The highest BCUT2D eigenvalue weighted by Crippen LogP contribution is 2.43. The van der Waals surface area contributed by atoms with E-state index in [4.69, 9.17) is 13.8 Å². The highest BCUT2D eigenvalue weighted by atomic mass is 16.3. The first kappa shape index (κ1) is 23.7. The third kappa shape index (κ3) is 3.79. The number of hydrogen-bond acceptors (Lipinski definition) is 5. The molecular weight excluding hydrogens is 530 g/mol. The highest BCUT2D eigenvalue weighted by Gasteiger charge is 2.22. The number of nitrogens with zero attached hydrogens (tertiary/aromatic N) is 3. The van der Waals surface area contributed by atoms with Crippen LogP contribution in [0, 0.1) is 0 Å². The molecule has 0 aliphatic rings. The van der Waals surface area contributed by atoms with Gasteiger partial charge in [0.05, 0.1) is 23.0 Å². The number of pyridine rings is 2. The van der Waals surface area contributed by atoms with E-state index in [9.17, 15) is 0 Å². The van der Waals surface area contributed by atoms with Crippen molar-refractivity contribution >= 4 is 72.0 Å². The van der Waals surface area contributed by atoms with Gasteiger partial charge in [-0.1, -0.05) is 78.9 Å². The van der Waals surface area contributed by atoms with Gasteiger partial charge in [0.1, 0.15) is 16.7 Å². The second-order valence-electron chi connectivity index (χ2n) is 10.7. The largest absolute Gasteiger partial charge is 0.454 e. The van der Waals surface area contributed by atoms with Crippen LogP contribution in [0.3, 0.4) is 0 Å². The summed E-state index contributed by atoms with van der Waals surface area (Å²) in [6.07, 6.45) is 3.72. The van der Waals surface area contributed by atoms with Crippen LogP contribution in [0.4, 0.5) is 17.1 Å². The third-order valence-electron chi connectivity index (χ3n) is 8.15. The van der Waals surface area contributed by atoms with Gasteiger partial charge in [-0.25, -0.2) is 9.97 Å². The van der Waals surface area contributed by atoms with E-state index in [2.05, 4.69) is 82.7 Å². The molecule has 9 aromatic rings. The lowest BCUT2D eigenvalue weighted by molar-refractivity contribution is 0.654. The van der Waals surface area contributed by atoms with Crippen LogP contribution in [0.1, 0.15) is 0 Å². The Morgan fingerprint density at radius 1 is 0.512 bits per heavy atom. The van der Waals surface area contributed by atoms with Crippen LogP contribution in [0.25, 0.3) is 66.0 Å². The molecule has 0 unspecified atom stereocenters. The molecule has 5 heteroatoms. The number of aromatic nitrogens is 2. The van der Waals surface area contributed by atoms with E-state index in [1.807, 2.05) is 60.8 Å². The minimum Gasteiger partial charge on any atom is -0.454 e. The van der Waals surface area contributed by atoms with Crippen molar-refractivity contribution < 1.29 is 8.83 Å². The lowest BCUT2D eigenvalue weighted by Gasteiger charge is -2.26. The monoisotopic (exact) mass is 553 g/mol. The van der Waals surface area contributed by atoms with Crippen LogP contribution in [0.5, 0.6) is 0 Å². The molecule has 0 spiro atoms. The second-order valence-corrected chi connectivity index (χ2v) is 10.7. The Morgan fingerprint density at radius 3 is 2.16 bits per heavy atom. The van der Waals surface area contributed by atoms with Crippen molar-refractivity contribution in [3.63, 3.8) is 0 Å². The molecule has 0 saturated heterocycles. The molecule has 0 fully saturated rings. The average molecular weight is 554 g/mol. The van der Waals surface area contributed by atoms with Crippen LogP contribution in [-0.2, 0) is 0 Å². The van der Waals surface area contributed by atoms with Gasteiger partial charge in [0.2, 0.25) is 5.71 Å². The van der Waals surface area contributed by atoms with Crippen molar-refractivity contribution in [2.75, 3.05) is 4.90 Å². The number of rotatable bonds is 4. The van der Waals surface area contributed by atoms with Gasteiger partial charge in [-0.05, 0) is 64.4 Å². The van der Waals surface area contributed by atoms with Crippen molar-refractivity contribution in [3.05, 3.63) is 140 Å². The maximum absolute atomic E-state index is 6.27. The molecule has 4 heterocycles. The fraction of sp³-hybridized carbons (Fsp3) is 0. The molecule has 0 atom stereocenters. The fourth-order valence-corrected chi connectivity index (χ4v) is 6.13. The van der Waals surface area contributed by atoms with Gasteiger partial charge < -0.3 is 13.7 Å². The Labute approximate surface area is 246 Å². The normalized spacial score (nSPS) is 11.7. The summed E-state index contributed by atoms with van der Waals surface area (Å²) in [6, 6.07) is 43.8. The SMILES string of the molecule is c1ccc(-c2ccc3ccc(N(c4cnc5c(c4)oc4ccccc45)c4ccnc5oc6ccccc6c45)cc3c2)cc1. The van der Waals surface area contributed by atoms with E-state index in [0.29, 0.717) is 5.71 Å². The summed E-state index contributed by atoms with van der Waals surface area (Å²) in [5.41, 5.74) is 8.97. The van der Waals surface area contributed by atoms with Gasteiger partial charge in [-0.15, -0.1) is 0 Å². The smallest absolute Gasteiger partial charge is 0.229 e. The molecule has 5 aromatic carbocycles. The number of fused-ring (bicyclic) bond motifs is 7. The second kappa shape index (κ2) is 9.29. The van der Waals surface area contributed by atoms with Crippen molar-refractivity contribution in [3.8, 4) is 11.1 Å². The van der Waals surface area contributed by atoms with Gasteiger partial charge in [0.25, 0.3) is 0 Å². The van der Waals surface area contributed by atoms with E-state index >= 15 is 0 Å². The molecule has 5 nitrogen and oxygen atoms in total. The van der Waals surface area contributed by atoms with Gasteiger partial charge in [-0.2, -0.15) is 0 Å². The van der Waals surface area contributed by atoms with E-state index in [1.165, 1.54) is 16.5 Å². The maximum Gasteiger partial charge on any atom is 0.229 e. The molecule has 9 rings (SSSR count). The van der Waals surface area contributed by atoms with Crippen LogP contribution in [0.2, 0.25) is 0 Å². The number of hydrogen-bond donors (Lipinski definition) is 0. The third-order valence-corrected chi connectivity index (χ3v) is 8.15. The molecule has 0 aliphatic heterocycles. The molecule has 0 aliphatic carbocycles. The van der Waals surface area contributed by atoms with Gasteiger partial charge in [0, 0.05) is 28.7 Å². The lowest BCUT2D eigenvalue weighted by atomic mass is 10.0. The maximum atomic E-state index is 6.27. The van der Waals surface area contributed by atoms with Crippen molar-refractivity contribution in [1.82, 2.24) is 9.97 Å². The first-order valence-electron chi connectivity index (χ1n) is 14.2. The topological polar surface area (TPSA) is 55.3 Å². The Bertz CT molecular complexity index is 2480.